The quantitative estimate of drug-likeness (QED) is 0.635. The van der Waals surface area contributed by atoms with E-state index in [0.717, 1.165) is 6.42 Å². The summed E-state index contributed by atoms with van der Waals surface area (Å²) in [6.07, 6.45) is 1.99. The van der Waals surface area contributed by atoms with Gasteiger partial charge in [0.25, 0.3) is 0 Å². The van der Waals surface area contributed by atoms with Gasteiger partial charge in [-0.25, -0.2) is 0 Å². The van der Waals surface area contributed by atoms with E-state index in [1.54, 1.807) is 6.92 Å². The lowest BCUT2D eigenvalue weighted by Crippen LogP contribution is -2.31. The Morgan fingerprint density at radius 2 is 2.07 bits per heavy atom. The van der Waals surface area contributed by atoms with E-state index >= 15 is 0 Å². The summed E-state index contributed by atoms with van der Waals surface area (Å²) in [6.45, 7) is 8.13. The van der Waals surface area contributed by atoms with Crippen LogP contribution >= 0.6 is 0 Å². The van der Waals surface area contributed by atoms with Crippen LogP contribution in [0.3, 0.4) is 0 Å². The first-order chi connectivity index (χ1) is 7.02. The Bertz CT molecular complexity index is 242. The van der Waals surface area contributed by atoms with Gasteiger partial charge in [-0.05, 0) is 32.1 Å². The van der Waals surface area contributed by atoms with Gasteiger partial charge in [-0.3, -0.25) is 4.79 Å². The van der Waals surface area contributed by atoms with Gasteiger partial charge in [0.2, 0.25) is 0 Å². The zero-order valence-corrected chi connectivity index (χ0v) is 10.2. The zero-order chi connectivity index (χ0) is 11.9. The third-order valence-electron chi connectivity index (χ3n) is 2.63. The monoisotopic (exact) mass is 211 g/mol. The first-order valence-corrected chi connectivity index (χ1v) is 5.60. The summed E-state index contributed by atoms with van der Waals surface area (Å²) >= 11 is 0. The number of nitriles is 1. The van der Waals surface area contributed by atoms with Crippen molar-refractivity contribution in [2.45, 2.75) is 47.0 Å². The average molecular weight is 211 g/mol. The lowest BCUT2D eigenvalue weighted by molar-refractivity contribution is -0.152. The second-order valence-corrected chi connectivity index (χ2v) is 4.20. The highest BCUT2D eigenvalue weighted by Crippen LogP contribution is 2.30. The van der Waals surface area contributed by atoms with Crippen molar-refractivity contribution in [3.63, 3.8) is 0 Å². The van der Waals surface area contributed by atoms with Gasteiger partial charge in [0.1, 0.15) is 0 Å². The molecule has 1 atom stereocenters. The Morgan fingerprint density at radius 1 is 1.47 bits per heavy atom. The van der Waals surface area contributed by atoms with E-state index in [0.29, 0.717) is 25.4 Å². The van der Waals surface area contributed by atoms with Crippen molar-refractivity contribution in [3.05, 3.63) is 0 Å². The normalized spacial score (nSPS) is 14.4. The van der Waals surface area contributed by atoms with Gasteiger partial charge >= 0.3 is 5.97 Å². The first kappa shape index (κ1) is 14.0. The molecule has 0 aromatic carbocycles. The van der Waals surface area contributed by atoms with Crippen molar-refractivity contribution in [3.8, 4) is 6.07 Å². The smallest absolute Gasteiger partial charge is 0.326 e. The Kier molecular flexibility index (Phi) is 6.00. The zero-order valence-electron chi connectivity index (χ0n) is 10.2. The van der Waals surface area contributed by atoms with Crippen LogP contribution < -0.4 is 0 Å². The van der Waals surface area contributed by atoms with Gasteiger partial charge in [0, 0.05) is 0 Å². The summed E-state index contributed by atoms with van der Waals surface area (Å²) in [5.74, 6) is 0.134. The van der Waals surface area contributed by atoms with Crippen molar-refractivity contribution in [1.82, 2.24) is 0 Å². The molecule has 86 valence electrons. The third-order valence-corrected chi connectivity index (χ3v) is 2.63. The molecule has 1 unspecified atom stereocenters. The van der Waals surface area contributed by atoms with Crippen LogP contribution in [-0.4, -0.2) is 12.6 Å². The van der Waals surface area contributed by atoms with Gasteiger partial charge in [0.05, 0.1) is 12.7 Å². The number of carbonyl (C=O) groups is 1. The van der Waals surface area contributed by atoms with E-state index in [-0.39, 0.29) is 5.97 Å². The van der Waals surface area contributed by atoms with E-state index in [1.165, 1.54) is 0 Å². The molecule has 0 saturated heterocycles. The first-order valence-electron chi connectivity index (χ1n) is 5.60. The number of rotatable bonds is 6. The summed E-state index contributed by atoms with van der Waals surface area (Å²) in [5, 5.41) is 9.14. The number of carbonyl (C=O) groups excluding carboxylic acids is 1. The maximum atomic E-state index is 11.7. The Balaban J connectivity index is 4.58. The summed E-state index contributed by atoms with van der Waals surface area (Å²) in [7, 11) is 0. The molecule has 0 N–H and O–H groups in total. The van der Waals surface area contributed by atoms with Crippen LogP contribution in [0, 0.1) is 22.7 Å². The molecule has 3 nitrogen and oxygen atoms in total. The highest BCUT2D eigenvalue weighted by atomic mass is 16.5. The highest BCUT2D eigenvalue weighted by molar-refractivity contribution is 5.79. The van der Waals surface area contributed by atoms with Crippen LogP contribution in [0.15, 0.2) is 0 Å². The standard InChI is InChI=1S/C12H21NO2/c1-5-12(9-13,8-7-10(3)4)11(14)15-6-2/h10H,5-8H2,1-4H3. The Hall–Kier alpha value is -1.04. The lowest BCUT2D eigenvalue weighted by atomic mass is 9.80. The van der Waals surface area contributed by atoms with Crippen molar-refractivity contribution >= 4 is 5.97 Å². The molecule has 0 saturated carbocycles. The minimum atomic E-state index is -0.930. The second kappa shape index (κ2) is 6.44. The van der Waals surface area contributed by atoms with Crippen LogP contribution in [0.5, 0.6) is 0 Å². The topological polar surface area (TPSA) is 50.1 Å². The molecule has 15 heavy (non-hydrogen) atoms. The number of esters is 1. The van der Waals surface area contributed by atoms with Crippen LogP contribution in [-0.2, 0) is 9.53 Å². The fourth-order valence-electron chi connectivity index (χ4n) is 1.41. The van der Waals surface area contributed by atoms with Crippen LogP contribution in [0.25, 0.3) is 0 Å². The largest absolute Gasteiger partial charge is 0.465 e. The molecule has 0 spiro atoms. The molecule has 0 fully saturated rings. The van der Waals surface area contributed by atoms with Crippen LogP contribution in [0.2, 0.25) is 0 Å². The number of hydrogen-bond acceptors (Lipinski definition) is 3. The fourth-order valence-corrected chi connectivity index (χ4v) is 1.41. The molecular formula is C12H21NO2. The van der Waals surface area contributed by atoms with Gasteiger partial charge < -0.3 is 4.74 Å². The fraction of sp³-hybridized carbons (Fsp3) is 0.833. The van der Waals surface area contributed by atoms with Crippen molar-refractivity contribution in [2.75, 3.05) is 6.61 Å². The van der Waals surface area contributed by atoms with E-state index in [9.17, 15) is 4.79 Å². The summed E-state index contributed by atoms with van der Waals surface area (Å²) in [4.78, 5) is 11.7. The van der Waals surface area contributed by atoms with E-state index in [1.807, 2.05) is 6.92 Å². The van der Waals surface area contributed by atoms with Gasteiger partial charge in [0.15, 0.2) is 5.41 Å². The number of ether oxygens (including phenoxy) is 1. The number of nitrogens with zero attached hydrogens (tertiary/aromatic N) is 1. The van der Waals surface area contributed by atoms with Crippen LogP contribution in [0.4, 0.5) is 0 Å². The third kappa shape index (κ3) is 3.91. The maximum Gasteiger partial charge on any atom is 0.326 e. The molecule has 0 aromatic rings. The summed E-state index contributed by atoms with van der Waals surface area (Å²) in [5.41, 5.74) is -0.930. The molecule has 0 aromatic heterocycles. The summed E-state index contributed by atoms with van der Waals surface area (Å²) < 4.78 is 4.96. The molecule has 0 amide bonds. The lowest BCUT2D eigenvalue weighted by Gasteiger charge is -2.23. The van der Waals surface area contributed by atoms with Gasteiger partial charge in [-0.2, -0.15) is 5.26 Å². The highest BCUT2D eigenvalue weighted by Gasteiger charge is 2.38. The van der Waals surface area contributed by atoms with E-state index < -0.39 is 5.41 Å². The maximum absolute atomic E-state index is 11.7. The van der Waals surface area contributed by atoms with E-state index in [2.05, 4.69) is 19.9 Å². The van der Waals surface area contributed by atoms with Crippen LogP contribution in [0.1, 0.15) is 47.0 Å². The molecule has 0 rings (SSSR count). The molecule has 0 bridgehead atoms. The molecule has 0 aliphatic rings. The molecule has 0 heterocycles. The molecular weight excluding hydrogens is 190 g/mol. The molecule has 0 aliphatic heterocycles. The summed E-state index contributed by atoms with van der Waals surface area (Å²) in [6, 6.07) is 2.13. The number of hydrogen-bond donors (Lipinski definition) is 0. The molecule has 0 aliphatic carbocycles. The van der Waals surface area contributed by atoms with Crippen molar-refractivity contribution < 1.29 is 9.53 Å². The van der Waals surface area contributed by atoms with Gasteiger partial charge in [-0.15, -0.1) is 0 Å². The van der Waals surface area contributed by atoms with Crippen molar-refractivity contribution in [1.29, 1.82) is 5.26 Å². The predicted molar refractivity (Wildman–Crippen MR) is 59.0 cm³/mol. The molecule has 3 heteroatoms. The average Bonchev–Trinajstić information content (AvgIpc) is 2.20. The molecule has 0 radical (unpaired) electrons. The van der Waals surface area contributed by atoms with Crippen molar-refractivity contribution in [2.24, 2.45) is 11.3 Å². The minimum Gasteiger partial charge on any atom is -0.465 e. The van der Waals surface area contributed by atoms with Gasteiger partial charge in [-0.1, -0.05) is 20.8 Å². The Morgan fingerprint density at radius 3 is 2.40 bits per heavy atom. The Labute approximate surface area is 92.4 Å². The van der Waals surface area contributed by atoms with E-state index in [4.69, 9.17) is 10.00 Å². The predicted octanol–water partition coefficient (Wildman–Crippen LogP) is 2.91. The minimum absolute atomic E-state index is 0.337. The second-order valence-electron chi connectivity index (χ2n) is 4.20. The SMILES string of the molecule is CCOC(=O)C(C#N)(CC)CCC(C)C.